The zero-order chi connectivity index (χ0) is 22.6. The molecule has 5 rings (SSSR count). The Morgan fingerprint density at radius 3 is 2.70 bits per heavy atom. The molecule has 0 unspecified atom stereocenters. The number of hydrogen-bond donors (Lipinski definition) is 1. The van der Waals surface area contributed by atoms with Crippen molar-refractivity contribution >= 4 is 17.7 Å². The smallest absolute Gasteiger partial charge is 0.233 e. The number of carbonyl (C=O) groups is 1. The summed E-state index contributed by atoms with van der Waals surface area (Å²) in [5, 5.41) is 12.5. The minimum absolute atomic E-state index is 0.00671. The Kier molecular flexibility index (Phi) is 6.21. The molecule has 4 aromatic rings. The van der Waals surface area contributed by atoms with E-state index in [0.29, 0.717) is 11.0 Å². The molecule has 0 radical (unpaired) electrons. The number of thioether (sulfide) groups is 1. The number of carbonyl (C=O) groups excluding carboxylic acids is 1. The summed E-state index contributed by atoms with van der Waals surface area (Å²) in [6, 6.07) is 22.3. The molecule has 0 spiro atoms. The zero-order valence-corrected chi connectivity index (χ0v) is 19.2. The number of para-hydroxylation sites is 1. The third-order valence-corrected chi connectivity index (χ3v) is 6.95. The van der Waals surface area contributed by atoms with Gasteiger partial charge in [0.1, 0.15) is 0 Å². The molecule has 166 valence electrons. The van der Waals surface area contributed by atoms with Crippen molar-refractivity contribution in [2.75, 3.05) is 0 Å². The average molecular weight is 456 g/mol. The second-order valence-corrected chi connectivity index (χ2v) is 9.44. The van der Waals surface area contributed by atoms with E-state index in [1.54, 1.807) is 12.4 Å². The number of nitrogens with zero attached hydrogens (tertiary/aromatic N) is 4. The van der Waals surface area contributed by atoms with Gasteiger partial charge in [-0.3, -0.25) is 14.3 Å². The van der Waals surface area contributed by atoms with Gasteiger partial charge in [0.25, 0.3) is 0 Å². The standard InChI is InChI=1S/C26H25N5OS/c1-18(25(32)28-23-15-7-10-19-9-5-6-14-22(19)23)33-26-30-29-24(20-11-8-16-27-17-20)31(26)21-12-3-2-4-13-21/h2-6,8-9,11-14,16-18,23H,7,10,15H2,1H3,(H,28,32)/t18-,23+/m0/s1. The van der Waals surface area contributed by atoms with Crippen molar-refractivity contribution in [1.82, 2.24) is 25.1 Å². The molecule has 1 amide bonds. The maximum Gasteiger partial charge on any atom is 0.233 e. The van der Waals surface area contributed by atoms with Crippen molar-refractivity contribution < 1.29 is 4.79 Å². The molecule has 6 nitrogen and oxygen atoms in total. The molecule has 1 aliphatic carbocycles. The van der Waals surface area contributed by atoms with E-state index in [4.69, 9.17) is 0 Å². The molecule has 1 N–H and O–H groups in total. The molecule has 0 saturated carbocycles. The second-order valence-electron chi connectivity index (χ2n) is 8.13. The summed E-state index contributed by atoms with van der Waals surface area (Å²) in [5.74, 6) is 0.706. The Morgan fingerprint density at radius 1 is 1.06 bits per heavy atom. The van der Waals surface area contributed by atoms with Crippen molar-refractivity contribution in [3.05, 3.63) is 90.3 Å². The van der Waals surface area contributed by atoms with Gasteiger partial charge in [-0.2, -0.15) is 0 Å². The van der Waals surface area contributed by atoms with Crippen LogP contribution in [0, 0.1) is 0 Å². The lowest BCUT2D eigenvalue weighted by Crippen LogP contribution is -2.36. The number of pyridine rings is 1. The summed E-state index contributed by atoms with van der Waals surface area (Å²) in [7, 11) is 0. The van der Waals surface area contributed by atoms with Crippen LogP contribution in [-0.4, -0.2) is 30.9 Å². The summed E-state index contributed by atoms with van der Waals surface area (Å²) in [4.78, 5) is 17.4. The largest absolute Gasteiger partial charge is 0.348 e. The van der Waals surface area contributed by atoms with Crippen LogP contribution in [-0.2, 0) is 11.2 Å². The number of nitrogens with one attached hydrogen (secondary N) is 1. The first-order valence-electron chi connectivity index (χ1n) is 11.2. The lowest BCUT2D eigenvalue weighted by molar-refractivity contribution is -0.121. The Morgan fingerprint density at radius 2 is 1.88 bits per heavy atom. The van der Waals surface area contributed by atoms with Gasteiger partial charge in [0.15, 0.2) is 11.0 Å². The van der Waals surface area contributed by atoms with Gasteiger partial charge in [0.2, 0.25) is 5.91 Å². The van der Waals surface area contributed by atoms with Crippen LogP contribution < -0.4 is 5.32 Å². The minimum atomic E-state index is -0.326. The fourth-order valence-corrected chi connectivity index (χ4v) is 5.12. The quantitative estimate of drug-likeness (QED) is 0.414. The van der Waals surface area contributed by atoms with E-state index in [0.717, 1.165) is 30.5 Å². The van der Waals surface area contributed by atoms with E-state index in [1.165, 1.54) is 22.9 Å². The molecule has 0 saturated heterocycles. The van der Waals surface area contributed by atoms with E-state index >= 15 is 0 Å². The number of hydrogen-bond acceptors (Lipinski definition) is 5. The van der Waals surface area contributed by atoms with Gasteiger partial charge in [0, 0.05) is 23.6 Å². The number of fused-ring (bicyclic) bond motifs is 1. The highest BCUT2D eigenvalue weighted by Gasteiger charge is 2.26. The van der Waals surface area contributed by atoms with E-state index in [2.05, 4.69) is 38.7 Å². The van der Waals surface area contributed by atoms with E-state index in [1.807, 2.05) is 60.0 Å². The van der Waals surface area contributed by atoms with Crippen LogP contribution in [0.15, 0.2) is 84.3 Å². The van der Waals surface area contributed by atoms with Crippen molar-refractivity contribution in [2.45, 2.75) is 42.6 Å². The summed E-state index contributed by atoms with van der Waals surface area (Å²) >= 11 is 1.42. The topological polar surface area (TPSA) is 72.7 Å². The molecule has 0 aliphatic heterocycles. The van der Waals surface area contributed by atoms with Gasteiger partial charge in [-0.15, -0.1) is 10.2 Å². The maximum atomic E-state index is 13.2. The number of amides is 1. The predicted molar refractivity (Wildman–Crippen MR) is 130 cm³/mol. The van der Waals surface area contributed by atoms with Gasteiger partial charge in [-0.05, 0) is 61.6 Å². The molecule has 2 heterocycles. The third-order valence-electron chi connectivity index (χ3n) is 5.90. The van der Waals surface area contributed by atoms with E-state index in [9.17, 15) is 4.79 Å². The van der Waals surface area contributed by atoms with Crippen LogP contribution in [0.1, 0.15) is 36.9 Å². The number of benzene rings is 2. The fraction of sp³-hybridized carbons (Fsp3) is 0.231. The van der Waals surface area contributed by atoms with Crippen LogP contribution in [0.2, 0.25) is 0 Å². The third kappa shape index (κ3) is 4.54. The molecule has 2 atom stereocenters. The Bertz CT molecular complexity index is 1240. The molecule has 0 fully saturated rings. The molecule has 0 bridgehead atoms. The first kappa shape index (κ1) is 21.4. The summed E-state index contributed by atoms with van der Waals surface area (Å²) < 4.78 is 1.99. The van der Waals surface area contributed by atoms with Crippen LogP contribution >= 0.6 is 11.8 Å². The zero-order valence-electron chi connectivity index (χ0n) is 18.4. The van der Waals surface area contributed by atoms with Crippen molar-refractivity contribution in [3.63, 3.8) is 0 Å². The van der Waals surface area contributed by atoms with Gasteiger partial charge in [-0.1, -0.05) is 54.2 Å². The van der Waals surface area contributed by atoms with E-state index in [-0.39, 0.29) is 17.2 Å². The van der Waals surface area contributed by atoms with Crippen LogP contribution in [0.25, 0.3) is 17.1 Å². The normalized spacial score (nSPS) is 16.1. The maximum absolute atomic E-state index is 13.2. The highest BCUT2D eigenvalue weighted by Crippen LogP contribution is 2.32. The van der Waals surface area contributed by atoms with Crippen molar-refractivity contribution in [3.8, 4) is 17.1 Å². The second kappa shape index (κ2) is 9.58. The van der Waals surface area contributed by atoms with Crippen LogP contribution in [0.3, 0.4) is 0 Å². The Hall–Kier alpha value is -3.45. The minimum Gasteiger partial charge on any atom is -0.348 e. The molecular weight excluding hydrogens is 430 g/mol. The average Bonchev–Trinajstić information content (AvgIpc) is 3.28. The van der Waals surface area contributed by atoms with Crippen molar-refractivity contribution in [2.24, 2.45) is 0 Å². The Balaban J connectivity index is 1.39. The monoisotopic (exact) mass is 455 g/mol. The van der Waals surface area contributed by atoms with Gasteiger partial charge < -0.3 is 5.32 Å². The molecule has 2 aromatic carbocycles. The van der Waals surface area contributed by atoms with Crippen LogP contribution in [0.4, 0.5) is 0 Å². The van der Waals surface area contributed by atoms with Gasteiger partial charge in [0.05, 0.1) is 11.3 Å². The van der Waals surface area contributed by atoms with Gasteiger partial charge in [-0.25, -0.2) is 0 Å². The highest BCUT2D eigenvalue weighted by molar-refractivity contribution is 8.00. The summed E-state index contributed by atoms with van der Waals surface area (Å²) in [5.41, 5.74) is 4.38. The lowest BCUT2D eigenvalue weighted by atomic mass is 9.88. The predicted octanol–water partition coefficient (Wildman–Crippen LogP) is 5.00. The molecule has 33 heavy (non-hydrogen) atoms. The first-order valence-corrected chi connectivity index (χ1v) is 12.0. The fourth-order valence-electron chi connectivity index (χ4n) is 4.24. The number of aromatic nitrogens is 4. The summed E-state index contributed by atoms with van der Waals surface area (Å²) in [6.45, 7) is 1.92. The Labute approximate surface area is 197 Å². The SMILES string of the molecule is C[C@H](Sc1nnc(-c2cccnc2)n1-c1ccccc1)C(=O)N[C@@H]1CCCc2ccccc21. The summed E-state index contributed by atoms with van der Waals surface area (Å²) in [6.07, 6.45) is 6.63. The van der Waals surface area contributed by atoms with E-state index < -0.39 is 0 Å². The molecule has 1 aliphatic rings. The van der Waals surface area contributed by atoms with Crippen molar-refractivity contribution in [1.29, 1.82) is 0 Å². The lowest BCUT2D eigenvalue weighted by Gasteiger charge is -2.27. The number of rotatable bonds is 6. The van der Waals surface area contributed by atoms with Gasteiger partial charge >= 0.3 is 0 Å². The van der Waals surface area contributed by atoms with Crippen LogP contribution in [0.5, 0.6) is 0 Å². The molecule has 7 heteroatoms. The first-order chi connectivity index (χ1) is 16.2. The molecular formula is C26H25N5OS. The molecule has 2 aromatic heterocycles. The number of aryl methyl sites for hydroxylation is 1. The highest BCUT2D eigenvalue weighted by atomic mass is 32.2.